The van der Waals surface area contributed by atoms with Crippen molar-refractivity contribution in [2.24, 2.45) is 10.7 Å². The average molecular weight is 370 g/mol. The number of fused-ring (bicyclic) bond motifs is 1. The molecule has 0 aliphatic carbocycles. The van der Waals surface area contributed by atoms with Crippen LogP contribution in [0.1, 0.15) is 11.4 Å². The Balaban J connectivity index is 1.73. The monoisotopic (exact) mass is 370 g/mol. The first-order valence-corrected chi connectivity index (χ1v) is 7.92. The van der Waals surface area contributed by atoms with E-state index >= 15 is 0 Å². The number of Topliss-reactive ketones (excluding diaryl/α,β-unsaturated/α-hetero) is 1. The topological polar surface area (TPSA) is 117 Å². The summed E-state index contributed by atoms with van der Waals surface area (Å²) in [5.41, 5.74) is 6.44. The Morgan fingerprint density at radius 1 is 1.26 bits per heavy atom. The molecule has 8 nitrogen and oxygen atoms in total. The number of benzene rings is 1. The van der Waals surface area contributed by atoms with Crippen LogP contribution >= 0.6 is 0 Å². The van der Waals surface area contributed by atoms with E-state index in [1.165, 1.54) is 0 Å². The van der Waals surface area contributed by atoms with Crippen LogP contribution < -0.4 is 10.5 Å². The third kappa shape index (κ3) is 4.51. The molecule has 3 rings (SSSR count). The van der Waals surface area contributed by atoms with Crippen LogP contribution in [-0.2, 0) is 16.0 Å². The van der Waals surface area contributed by atoms with E-state index in [-0.39, 0.29) is 42.5 Å². The maximum absolute atomic E-state index is 12.8. The first-order chi connectivity index (χ1) is 13.1. The van der Waals surface area contributed by atoms with E-state index in [0.29, 0.717) is 23.3 Å². The molecule has 1 aromatic carbocycles. The van der Waals surface area contributed by atoms with Gasteiger partial charge in [-0.3, -0.25) is 4.79 Å². The van der Waals surface area contributed by atoms with Crippen molar-refractivity contribution in [2.45, 2.75) is 6.42 Å². The summed E-state index contributed by atoms with van der Waals surface area (Å²) in [6.45, 7) is -0.442. The Morgan fingerprint density at radius 3 is 2.74 bits per heavy atom. The van der Waals surface area contributed by atoms with Crippen LogP contribution in [-0.4, -0.2) is 40.8 Å². The summed E-state index contributed by atoms with van der Waals surface area (Å²) in [6.07, 6.45) is 2.50. The molecule has 2 aromatic rings. The minimum absolute atomic E-state index is 0.101. The largest absolute Gasteiger partial charge is 0.489 e. The summed E-state index contributed by atoms with van der Waals surface area (Å²) in [5, 5.41) is 0. The molecule has 0 radical (unpaired) electrons. The van der Waals surface area contributed by atoms with Gasteiger partial charge < -0.3 is 15.2 Å². The second kappa shape index (κ2) is 8.17. The van der Waals surface area contributed by atoms with Gasteiger partial charge in [0.1, 0.15) is 19.0 Å². The van der Waals surface area contributed by atoms with Crippen LogP contribution in [0.15, 0.2) is 53.6 Å². The third-order valence-corrected chi connectivity index (χ3v) is 3.65. The minimum atomic E-state index is -1.00. The van der Waals surface area contributed by atoms with E-state index in [0.717, 1.165) is 0 Å². The first-order valence-electron chi connectivity index (χ1n) is 7.92. The summed E-state index contributed by atoms with van der Waals surface area (Å²) in [6, 6.07) is 6.65. The van der Waals surface area contributed by atoms with Gasteiger partial charge in [0.2, 0.25) is 0 Å². The number of halogens is 1. The number of hydrogen-bond acceptors (Lipinski definition) is 7. The molecule has 0 saturated heterocycles. The minimum Gasteiger partial charge on any atom is -0.489 e. The highest BCUT2D eigenvalue weighted by Crippen LogP contribution is 2.29. The number of amides is 1. The number of ether oxygens (including phenoxy) is 2. The van der Waals surface area contributed by atoms with Gasteiger partial charge in [-0.05, 0) is 29.8 Å². The zero-order chi connectivity index (χ0) is 19.2. The summed E-state index contributed by atoms with van der Waals surface area (Å²) >= 11 is 0. The summed E-state index contributed by atoms with van der Waals surface area (Å²) in [5.74, 6) is 0.500. The Morgan fingerprint density at radius 2 is 2.04 bits per heavy atom. The van der Waals surface area contributed by atoms with E-state index in [1.807, 2.05) is 0 Å². The normalized spacial score (nSPS) is 13.6. The molecular weight excluding hydrogens is 355 g/mol. The van der Waals surface area contributed by atoms with Gasteiger partial charge in [-0.25, -0.2) is 24.1 Å². The van der Waals surface area contributed by atoms with E-state index in [9.17, 15) is 14.0 Å². The van der Waals surface area contributed by atoms with Crippen LogP contribution in [0.25, 0.3) is 0 Å². The fraction of sp³-hybridized carbons (Fsp3) is 0.167. The molecule has 27 heavy (non-hydrogen) atoms. The van der Waals surface area contributed by atoms with Crippen LogP contribution in [0.3, 0.4) is 0 Å². The summed E-state index contributed by atoms with van der Waals surface area (Å²) in [4.78, 5) is 35.4. The number of carbonyl (C=O) groups is 2. The molecule has 0 bridgehead atoms. The number of nitrogens with two attached hydrogens (primary N) is 1. The molecule has 2 N–H and O–H groups in total. The smallest absolute Gasteiger partial charge is 0.404 e. The number of primary amides is 1. The van der Waals surface area contributed by atoms with Gasteiger partial charge >= 0.3 is 6.09 Å². The Kier molecular flexibility index (Phi) is 5.50. The quantitative estimate of drug-likeness (QED) is 0.832. The van der Waals surface area contributed by atoms with Crippen molar-refractivity contribution in [3.8, 4) is 5.75 Å². The lowest BCUT2D eigenvalue weighted by Gasteiger charge is -2.15. The predicted octanol–water partition coefficient (Wildman–Crippen LogP) is 2.05. The van der Waals surface area contributed by atoms with Crippen LogP contribution in [0.5, 0.6) is 5.75 Å². The average Bonchev–Trinajstić information content (AvgIpc) is 2.68. The molecule has 138 valence electrons. The second-order valence-corrected chi connectivity index (χ2v) is 5.59. The number of hydrogen-bond donors (Lipinski definition) is 1. The standard InChI is InChI=1S/C18H15FN4O4/c19-8-11(10-27-18(20)25)9-26-13-2-3-14-12(6-13)7-15(24)16(23-14)17-21-4-1-5-22-17/h1-6,8H,7,9-10H2,(H2,20,25)/b11-8+. The van der Waals surface area contributed by atoms with Crippen molar-refractivity contribution >= 4 is 23.3 Å². The van der Waals surface area contributed by atoms with Gasteiger partial charge in [-0.15, -0.1) is 0 Å². The van der Waals surface area contributed by atoms with E-state index in [4.69, 9.17) is 10.5 Å². The molecule has 0 unspecified atom stereocenters. The zero-order valence-electron chi connectivity index (χ0n) is 14.1. The van der Waals surface area contributed by atoms with Gasteiger partial charge in [-0.1, -0.05) is 0 Å². The number of rotatable bonds is 6. The lowest BCUT2D eigenvalue weighted by molar-refractivity contribution is -0.112. The van der Waals surface area contributed by atoms with Crippen molar-refractivity contribution in [1.82, 2.24) is 9.97 Å². The van der Waals surface area contributed by atoms with Gasteiger partial charge in [0, 0.05) is 24.4 Å². The predicted molar refractivity (Wildman–Crippen MR) is 93.6 cm³/mol. The number of nitrogens with zero attached hydrogens (tertiary/aromatic N) is 3. The van der Waals surface area contributed by atoms with Crippen molar-refractivity contribution in [1.29, 1.82) is 0 Å². The Bertz CT molecular complexity index is 928. The first kappa shape index (κ1) is 18.2. The molecule has 0 spiro atoms. The Labute approximate surface area is 153 Å². The van der Waals surface area contributed by atoms with E-state index in [1.54, 1.807) is 36.7 Å². The van der Waals surface area contributed by atoms with Crippen molar-refractivity contribution < 1.29 is 23.5 Å². The molecule has 1 aromatic heterocycles. The number of carbonyl (C=O) groups excluding carboxylic acids is 2. The lowest BCUT2D eigenvalue weighted by atomic mass is 9.99. The summed E-state index contributed by atoms with van der Waals surface area (Å²) < 4.78 is 22.8. The maximum Gasteiger partial charge on any atom is 0.404 e. The number of ketones is 1. The van der Waals surface area contributed by atoms with Crippen molar-refractivity contribution in [3.63, 3.8) is 0 Å². The molecular formula is C18H15FN4O4. The highest BCUT2D eigenvalue weighted by Gasteiger charge is 2.24. The highest BCUT2D eigenvalue weighted by molar-refractivity contribution is 6.46. The fourth-order valence-corrected chi connectivity index (χ4v) is 2.38. The zero-order valence-corrected chi connectivity index (χ0v) is 14.1. The molecule has 0 fully saturated rings. The van der Waals surface area contributed by atoms with Crippen molar-refractivity contribution in [3.05, 3.63) is 59.9 Å². The second-order valence-electron chi connectivity index (χ2n) is 5.59. The molecule has 1 aliphatic rings. The van der Waals surface area contributed by atoms with Gasteiger partial charge in [0.25, 0.3) is 0 Å². The van der Waals surface area contributed by atoms with E-state index in [2.05, 4.69) is 19.7 Å². The fourth-order valence-electron chi connectivity index (χ4n) is 2.38. The molecule has 2 heterocycles. The van der Waals surface area contributed by atoms with Crippen LogP contribution in [0.4, 0.5) is 14.9 Å². The van der Waals surface area contributed by atoms with Gasteiger partial charge in [-0.2, -0.15) is 0 Å². The third-order valence-electron chi connectivity index (χ3n) is 3.65. The molecule has 1 amide bonds. The summed E-state index contributed by atoms with van der Waals surface area (Å²) in [7, 11) is 0. The highest BCUT2D eigenvalue weighted by atomic mass is 19.1. The van der Waals surface area contributed by atoms with E-state index < -0.39 is 6.09 Å². The van der Waals surface area contributed by atoms with Crippen LogP contribution in [0, 0.1) is 0 Å². The van der Waals surface area contributed by atoms with Gasteiger partial charge in [0.15, 0.2) is 17.3 Å². The van der Waals surface area contributed by atoms with Gasteiger partial charge in [0.05, 0.1) is 12.0 Å². The maximum atomic E-state index is 12.8. The molecule has 0 atom stereocenters. The molecule has 1 aliphatic heterocycles. The van der Waals surface area contributed by atoms with Crippen molar-refractivity contribution in [2.75, 3.05) is 13.2 Å². The van der Waals surface area contributed by atoms with Crippen LogP contribution in [0.2, 0.25) is 0 Å². The SMILES string of the molecule is NC(=O)OC/C(=C/F)COc1ccc2c(c1)CC(=O)C(c1ncccn1)=N2. The lowest BCUT2D eigenvalue weighted by Crippen LogP contribution is -2.23. The molecule has 0 saturated carbocycles. The Hall–Kier alpha value is -3.62. The molecule has 9 heteroatoms. The number of aromatic nitrogens is 2. The number of aliphatic imine (C=N–C) groups is 1.